The van der Waals surface area contributed by atoms with Crippen molar-refractivity contribution in [3.63, 3.8) is 0 Å². The monoisotopic (exact) mass is 171 g/mol. The van der Waals surface area contributed by atoms with Gasteiger partial charge in [-0.2, -0.15) is 4.68 Å². The number of amides is 1. The largest absolute Gasteiger partial charge is 0.337 e. The van der Waals surface area contributed by atoms with Gasteiger partial charge in [-0.3, -0.25) is 15.0 Å². The summed E-state index contributed by atoms with van der Waals surface area (Å²) in [5.41, 5.74) is 1.76. The van der Waals surface area contributed by atoms with Gasteiger partial charge in [0.05, 0.1) is 0 Å². The standard InChI is InChI=1S/C5H5N3O2S/c9-3-7-8-4(10)1-2-6-5(8)11/h1-3H,(H,6,11)(H,7,9). The van der Waals surface area contributed by atoms with Gasteiger partial charge in [-0.1, -0.05) is 0 Å². The summed E-state index contributed by atoms with van der Waals surface area (Å²) in [5.74, 6) is 0. The molecular weight excluding hydrogens is 166 g/mol. The van der Waals surface area contributed by atoms with Crippen LogP contribution in [0.2, 0.25) is 0 Å². The lowest BCUT2D eigenvalue weighted by Crippen LogP contribution is -2.28. The molecule has 1 aromatic rings. The lowest BCUT2D eigenvalue weighted by molar-refractivity contribution is -0.106. The number of nitrogens with zero attached hydrogens (tertiary/aromatic N) is 1. The van der Waals surface area contributed by atoms with Gasteiger partial charge >= 0.3 is 0 Å². The van der Waals surface area contributed by atoms with E-state index in [2.05, 4.69) is 10.4 Å². The minimum atomic E-state index is -0.374. The molecule has 0 spiro atoms. The van der Waals surface area contributed by atoms with Crippen LogP contribution in [0.1, 0.15) is 0 Å². The molecule has 0 aliphatic carbocycles. The Morgan fingerprint density at radius 3 is 3.00 bits per heavy atom. The topological polar surface area (TPSA) is 66.9 Å². The molecule has 0 bridgehead atoms. The van der Waals surface area contributed by atoms with Crippen molar-refractivity contribution in [3.05, 3.63) is 27.4 Å². The van der Waals surface area contributed by atoms with Gasteiger partial charge in [0.2, 0.25) is 6.41 Å². The molecule has 1 aromatic heterocycles. The van der Waals surface area contributed by atoms with Crippen LogP contribution in [0.15, 0.2) is 17.1 Å². The first-order chi connectivity index (χ1) is 5.25. The number of hydrogen-bond acceptors (Lipinski definition) is 3. The van der Waals surface area contributed by atoms with E-state index in [-0.39, 0.29) is 10.3 Å². The van der Waals surface area contributed by atoms with E-state index >= 15 is 0 Å². The van der Waals surface area contributed by atoms with Crippen LogP contribution < -0.4 is 11.0 Å². The van der Waals surface area contributed by atoms with Crippen molar-refractivity contribution in [2.75, 3.05) is 5.43 Å². The van der Waals surface area contributed by atoms with Crippen LogP contribution in [0.3, 0.4) is 0 Å². The smallest absolute Gasteiger partial charge is 0.273 e. The van der Waals surface area contributed by atoms with Crippen molar-refractivity contribution < 1.29 is 4.79 Å². The molecule has 0 saturated heterocycles. The van der Waals surface area contributed by atoms with Gasteiger partial charge in [-0.15, -0.1) is 0 Å². The van der Waals surface area contributed by atoms with Crippen LogP contribution in [0.25, 0.3) is 0 Å². The van der Waals surface area contributed by atoms with E-state index in [4.69, 9.17) is 12.2 Å². The maximum atomic E-state index is 10.9. The fourth-order valence-electron chi connectivity index (χ4n) is 0.598. The fraction of sp³-hybridized carbons (Fsp3) is 0. The number of aromatic amines is 1. The number of carbonyl (C=O) groups is 1. The van der Waals surface area contributed by atoms with Crippen molar-refractivity contribution in [1.29, 1.82) is 0 Å². The predicted molar refractivity (Wildman–Crippen MR) is 41.3 cm³/mol. The summed E-state index contributed by atoms with van der Waals surface area (Å²) in [5, 5.41) is 0. The maximum absolute atomic E-state index is 10.9. The second-order valence-corrected chi connectivity index (χ2v) is 2.09. The molecule has 0 atom stereocenters. The van der Waals surface area contributed by atoms with Crippen LogP contribution in [-0.2, 0) is 4.79 Å². The molecule has 2 N–H and O–H groups in total. The minimum absolute atomic E-state index is 0.157. The first-order valence-electron chi connectivity index (χ1n) is 2.76. The van der Waals surface area contributed by atoms with Crippen LogP contribution in [0, 0.1) is 4.77 Å². The third-order valence-corrected chi connectivity index (χ3v) is 1.34. The van der Waals surface area contributed by atoms with E-state index in [0.717, 1.165) is 4.68 Å². The highest BCUT2D eigenvalue weighted by molar-refractivity contribution is 7.71. The number of nitrogens with one attached hydrogen (secondary N) is 2. The molecule has 0 aliphatic heterocycles. The van der Waals surface area contributed by atoms with Gasteiger partial charge in [0, 0.05) is 12.3 Å². The highest BCUT2D eigenvalue weighted by Crippen LogP contribution is 1.75. The van der Waals surface area contributed by atoms with Gasteiger partial charge in [0.25, 0.3) is 5.56 Å². The Morgan fingerprint density at radius 2 is 2.45 bits per heavy atom. The van der Waals surface area contributed by atoms with Gasteiger partial charge in [0.1, 0.15) is 0 Å². The summed E-state index contributed by atoms with van der Waals surface area (Å²) in [6.45, 7) is 0. The van der Waals surface area contributed by atoms with Gasteiger partial charge < -0.3 is 4.98 Å². The Balaban J connectivity index is 3.32. The van der Waals surface area contributed by atoms with E-state index in [9.17, 15) is 9.59 Å². The van der Waals surface area contributed by atoms with Crippen molar-refractivity contribution in [3.8, 4) is 0 Å². The lowest BCUT2D eigenvalue weighted by atomic mass is 10.7. The van der Waals surface area contributed by atoms with Crippen molar-refractivity contribution in [1.82, 2.24) is 9.66 Å². The fourth-order valence-corrected chi connectivity index (χ4v) is 0.809. The summed E-state index contributed by atoms with van der Waals surface area (Å²) in [4.78, 5) is 23.4. The van der Waals surface area contributed by atoms with Crippen molar-refractivity contribution in [2.24, 2.45) is 0 Å². The van der Waals surface area contributed by atoms with Gasteiger partial charge in [-0.25, -0.2) is 0 Å². The SMILES string of the molecule is O=CNn1c(=O)cc[nH]c1=S. The molecule has 0 aliphatic rings. The summed E-state index contributed by atoms with van der Waals surface area (Å²) in [7, 11) is 0. The second-order valence-electron chi connectivity index (χ2n) is 1.70. The van der Waals surface area contributed by atoms with E-state index in [1.54, 1.807) is 0 Å². The number of hydrogen-bond donors (Lipinski definition) is 2. The Hall–Kier alpha value is -1.43. The molecule has 0 radical (unpaired) electrons. The van der Waals surface area contributed by atoms with Crippen molar-refractivity contribution >= 4 is 18.6 Å². The van der Waals surface area contributed by atoms with Crippen LogP contribution in [0.5, 0.6) is 0 Å². The molecule has 0 unspecified atom stereocenters. The van der Waals surface area contributed by atoms with E-state index < -0.39 is 0 Å². The summed E-state index contributed by atoms with van der Waals surface area (Å²) in [6.07, 6.45) is 1.79. The Labute approximate surface area is 66.6 Å². The van der Waals surface area contributed by atoms with Gasteiger partial charge in [-0.05, 0) is 12.2 Å². The molecule has 1 heterocycles. The number of H-pyrrole nitrogens is 1. The van der Waals surface area contributed by atoms with Gasteiger partial charge in [0.15, 0.2) is 4.77 Å². The Morgan fingerprint density at radius 1 is 1.73 bits per heavy atom. The minimum Gasteiger partial charge on any atom is -0.337 e. The first kappa shape index (κ1) is 7.67. The number of rotatable bonds is 2. The summed E-state index contributed by atoms with van der Waals surface area (Å²) < 4.78 is 1.09. The summed E-state index contributed by atoms with van der Waals surface area (Å²) in [6, 6.07) is 1.26. The van der Waals surface area contributed by atoms with E-state index in [0.29, 0.717) is 6.41 Å². The zero-order valence-corrected chi connectivity index (χ0v) is 6.22. The van der Waals surface area contributed by atoms with Crippen LogP contribution in [-0.4, -0.2) is 16.1 Å². The molecule has 1 amide bonds. The molecule has 0 aromatic carbocycles. The lowest BCUT2D eigenvalue weighted by Gasteiger charge is -1.99. The average Bonchev–Trinajstić information content (AvgIpc) is 1.97. The quantitative estimate of drug-likeness (QED) is 0.470. The third kappa shape index (κ3) is 1.53. The maximum Gasteiger partial charge on any atom is 0.273 e. The highest BCUT2D eigenvalue weighted by atomic mass is 32.1. The zero-order valence-electron chi connectivity index (χ0n) is 5.40. The molecular formula is C5H5N3O2S. The number of aromatic nitrogens is 2. The molecule has 5 nitrogen and oxygen atoms in total. The average molecular weight is 171 g/mol. The predicted octanol–water partition coefficient (Wildman–Crippen LogP) is -0.394. The summed E-state index contributed by atoms with van der Waals surface area (Å²) >= 11 is 4.69. The van der Waals surface area contributed by atoms with E-state index in [1.807, 2.05) is 0 Å². The third-order valence-electron chi connectivity index (χ3n) is 1.04. The zero-order chi connectivity index (χ0) is 8.27. The highest BCUT2D eigenvalue weighted by Gasteiger charge is 1.92. The first-order valence-corrected chi connectivity index (χ1v) is 3.17. The van der Waals surface area contributed by atoms with E-state index in [1.165, 1.54) is 12.3 Å². The Kier molecular flexibility index (Phi) is 2.17. The second kappa shape index (κ2) is 3.11. The number of carbonyl (C=O) groups excluding carboxylic acids is 1. The molecule has 1 rings (SSSR count). The Bertz CT molecular complexity index is 338. The molecule has 11 heavy (non-hydrogen) atoms. The molecule has 6 heteroatoms. The van der Waals surface area contributed by atoms with Crippen molar-refractivity contribution in [2.45, 2.75) is 0 Å². The molecule has 58 valence electrons. The van der Waals surface area contributed by atoms with Crippen LogP contribution in [0.4, 0.5) is 0 Å². The molecule has 0 fully saturated rings. The molecule has 0 saturated carbocycles. The van der Waals surface area contributed by atoms with Crippen LogP contribution >= 0.6 is 12.2 Å². The normalized spacial score (nSPS) is 9.09.